The summed E-state index contributed by atoms with van der Waals surface area (Å²) in [6.07, 6.45) is 6.06. The molecule has 2 saturated carbocycles. The lowest BCUT2D eigenvalue weighted by atomic mass is 9.96. The Morgan fingerprint density at radius 3 is 2.41 bits per heavy atom. The molecule has 0 aromatic heterocycles. The van der Waals surface area contributed by atoms with Gasteiger partial charge in [-0.1, -0.05) is 19.9 Å². The maximum absolute atomic E-state index is 11.4. The van der Waals surface area contributed by atoms with Gasteiger partial charge in [0.2, 0.25) is 0 Å². The minimum Gasteiger partial charge on any atom is -0.550 e. The largest absolute Gasteiger partial charge is 0.550 e. The maximum atomic E-state index is 11.4. The Morgan fingerprint density at radius 1 is 1.35 bits per heavy atom. The highest BCUT2D eigenvalue weighted by Crippen LogP contribution is 2.58. The number of aliphatic carboxylic acids is 1. The number of hydrogen-bond acceptors (Lipinski definition) is 4. The molecular weight excluding hydrogens is 220 g/mol. The molecule has 0 heterocycles. The summed E-state index contributed by atoms with van der Waals surface area (Å²) in [5, 5.41) is 10.8. The van der Waals surface area contributed by atoms with Gasteiger partial charge in [-0.2, -0.15) is 0 Å². The Bertz CT molecular complexity index is 366. The van der Waals surface area contributed by atoms with Gasteiger partial charge in [0.25, 0.3) is 0 Å². The summed E-state index contributed by atoms with van der Waals surface area (Å²) in [4.78, 5) is 22.2. The van der Waals surface area contributed by atoms with E-state index < -0.39 is 11.9 Å². The van der Waals surface area contributed by atoms with Crippen LogP contribution in [-0.2, 0) is 14.3 Å². The summed E-state index contributed by atoms with van der Waals surface area (Å²) in [6, 6.07) is 0. The lowest BCUT2D eigenvalue weighted by Gasteiger charge is -2.24. The number of carboxylic acids is 1. The molecule has 0 aromatic carbocycles. The van der Waals surface area contributed by atoms with Gasteiger partial charge in [-0.25, -0.2) is 4.79 Å². The SMILES string of the molecule is CC1(C)C(/C=C/C(=O)OC2CCC2)C1C(=O)[O-]. The molecule has 0 radical (unpaired) electrons. The molecule has 4 heteroatoms. The summed E-state index contributed by atoms with van der Waals surface area (Å²) in [6.45, 7) is 3.72. The van der Waals surface area contributed by atoms with Gasteiger partial charge >= 0.3 is 5.97 Å². The van der Waals surface area contributed by atoms with Gasteiger partial charge in [-0.3, -0.25) is 0 Å². The molecule has 2 aliphatic rings. The third kappa shape index (κ3) is 2.35. The molecule has 17 heavy (non-hydrogen) atoms. The van der Waals surface area contributed by atoms with Crippen molar-refractivity contribution >= 4 is 11.9 Å². The summed E-state index contributed by atoms with van der Waals surface area (Å²) in [5.74, 6) is -2.02. The molecular formula is C13H17O4-. The molecule has 4 nitrogen and oxygen atoms in total. The zero-order valence-corrected chi connectivity index (χ0v) is 10.1. The van der Waals surface area contributed by atoms with Gasteiger partial charge in [-0.05, 0) is 30.6 Å². The Morgan fingerprint density at radius 2 is 2.00 bits per heavy atom. The van der Waals surface area contributed by atoms with E-state index in [1.165, 1.54) is 6.08 Å². The maximum Gasteiger partial charge on any atom is 0.330 e. The summed E-state index contributed by atoms with van der Waals surface area (Å²) in [5.41, 5.74) is -0.313. The Labute approximate surface area is 101 Å². The highest BCUT2D eigenvalue weighted by atomic mass is 16.5. The number of allylic oxidation sites excluding steroid dienone is 1. The number of ether oxygens (including phenoxy) is 1. The Balaban J connectivity index is 1.84. The topological polar surface area (TPSA) is 66.4 Å². The molecule has 2 rings (SSSR count). The van der Waals surface area contributed by atoms with E-state index >= 15 is 0 Å². The van der Waals surface area contributed by atoms with E-state index in [0.717, 1.165) is 19.3 Å². The molecule has 0 N–H and O–H groups in total. The first-order valence-electron chi connectivity index (χ1n) is 6.02. The molecule has 94 valence electrons. The van der Waals surface area contributed by atoms with E-state index in [4.69, 9.17) is 4.74 Å². The van der Waals surface area contributed by atoms with Gasteiger partial charge in [0.15, 0.2) is 0 Å². The lowest BCUT2D eigenvalue weighted by molar-refractivity contribution is -0.309. The predicted molar refractivity (Wildman–Crippen MR) is 58.6 cm³/mol. The van der Waals surface area contributed by atoms with Crippen LogP contribution in [0.1, 0.15) is 33.1 Å². The van der Waals surface area contributed by atoms with Crippen LogP contribution in [0, 0.1) is 17.3 Å². The van der Waals surface area contributed by atoms with E-state index in [9.17, 15) is 14.7 Å². The van der Waals surface area contributed by atoms with Crippen molar-refractivity contribution < 1.29 is 19.4 Å². The number of hydrogen-bond donors (Lipinski definition) is 0. The normalized spacial score (nSPS) is 30.9. The molecule has 2 atom stereocenters. The van der Waals surface area contributed by atoms with Gasteiger partial charge in [0, 0.05) is 18.0 Å². The third-order valence-corrected chi connectivity index (χ3v) is 3.94. The summed E-state index contributed by atoms with van der Waals surface area (Å²) in [7, 11) is 0. The average molecular weight is 237 g/mol. The van der Waals surface area contributed by atoms with Gasteiger partial charge in [-0.15, -0.1) is 0 Å². The van der Waals surface area contributed by atoms with E-state index in [1.807, 2.05) is 13.8 Å². The van der Waals surface area contributed by atoms with Gasteiger partial charge in [0.1, 0.15) is 6.10 Å². The molecule has 2 unspecified atom stereocenters. The quantitative estimate of drug-likeness (QED) is 0.532. The molecule has 0 saturated heterocycles. The van der Waals surface area contributed by atoms with Crippen molar-refractivity contribution in [1.82, 2.24) is 0 Å². The van der Waals surface area contributed by atoms with Crippen LogP contribution in [-0.4, -0.2) is 18.0 Å². The molecule has 0 amide bonds. The number of esters is 1. The first-order chi connectivity index (χ1) is 7.93. The van der Waals surface area contributed by atoms with Crippen LogP contribution in [0.25, 0.3) is 0 Å². The molecule has 0 spiro atoms. The molecule has 0 aromatic rings. The van der Waals surface area contributed by atoms with Crippen molar-refractivity contribution in [2.45, 2.75) is 39.2 Å². The van der Waals surface area contributed by atoms with Crippen molar-refractivity contribution in [2.75, 3.05) is 0 Å². The molecule has 0 bridgehead atoms. The minimum atomic E-state index is -1.04. The van der Waals surface area contributed by atoms with E-state index in [-0.39, 0.29) is 23.4 Å². The highest BCUT2D eigenvalue weighted by molar-refractivity contribution is 5.83. The third-order valence-electron chi connectivity index (χ3n) is 3.94. The smallest absolute Gasteiger partial charge is 0.330 e. The van der Waals surface area contributed by atoms with Gasteiger partial charge < -0.3 is 14.6 Å². The van der Waals surface area contributed by atoms with Crippen LogP contribution in [0.4, 0.5) is 0 Å². The minimum absolute atomic E-state index is 0.0660. The van der Waals surface area contributed by atoms with Crippen LogP contribution < -0.4 is 5.11 Å². The van der Waals surface area contributed by atoms with E-state index in [1.54, 1.807) is 6.08 Å². The fraction of sp³-hybridized carbons (Fsp3) is 0.692. The summed E-state index contributed by atoms with van der Waals surface area (Å²) < 4.78 is 5.14. The van der Waals surface area contributed by atoms with E-state index in [2.05, 4.69) is 0 Å². The Kier molecular flexibility index (Phi) is 2.98. The molecule has 0 aliphatic heterocycles. The van der Waals surface area contributed by atoms with Crippen LogP contribution >= 0.6 is 0 Å². The van der Waals surface area contributed by atoms with Crippen molar-refractivity contribution in [3.8, 4) is 0 Å². The van der Waals surface area contributed by atoms with Crippen molar-refractivity contribution in [1.29, 1.82) is 0 Å². The number of carbonyl (C=O) groups excluding carboxylic acids is 2. The first kappa shape index (κ1) is 12.1. The monoisotopic (exact) mass is 237 g/mol. The zero-order chi connectivity index (χ0) is 12.6. The first-order valence-corrected chi connectivity index (χ1v) is 6.02. The van der Waals surface area contributed by atoms with Crippen LogP contribution in [0.3, 0.4) is 0 Å². The number of carbonyl (C=O) groups is 2. The second kappa shape index (κ2) is 4.17. The second-order valence-electron chi connectivity index (χ2n) is 5.49. The van der Waals surface area contributed by atoms with Crippen molar-refractivity contribution in [3.05, 3.63) is 12.2 Å². The molecule has 2 fully saturated rings. The number of carboxylic acid groups (broad SMARTS) is 1. The number of rotatable bonds is 4. The fourth-order valence-electron chi connectivity index (χ4n) is 2.36. The Hall–Kier alpha value is -1.32. The van der Waals surface area contributed by atoms with Crippen LogP contribution in [0.5, 0.6) is 0 Å². The van der Waals surface area contributed by atoms with E-state index in [0.29, 0.717) is 0 Å². The van der Waals surface area contributed by atoms with Crippen molar-refractivity contribution in [2.24, 2.45) is 17.3 Å². The van der Waals surface area contributed by atoms with Crippen LogP contribution in [0.15, 0.2) is 12.2 Å². The second-order valence-corrected chi connectivity index (χ2v) is 5.49. The molecule has 2 aliphatic carbocycles. The lowest BCUT2D eigenvalue weighted by Crippen LogP contribution is -2.26. The predicted octanol–water partition coefficient (Wildman–Crippen LogP) is 0.660. The zero-order valence-electron chi connectivity index (χ0n) is 10.1. The standard InChI is InChI=1S/C13H18O4/c1-13(2)9(11(13)12(15)16)6-7-10(14)17-8-4-3-5-8/h6-9,11H,3-5H2,1-2H3,(H,15,16)/p-1/b7-6+. The highest BCUT2D eigenvalue weighted by Gasteiger charge is 2.56. The van der Waals surface area contributed by atoms with Crippen LogP contribution in [0.2, 0.25) is 0 Å². The fourth-order valence-corrected chi connectivity index (χ4v) is 2.36. The average Bonchev–Trinajstić information content (AvgIpc) is 2.71. The van der Waals surface area contributed by atoms with Gasteiger partial charge in [0.05, 0.1) is 0 Å². The summed E-state index contributed by atoms with van der Waals surface area (Å²) >= 11 is 0. The van der Waals surface area contributed by atoms with Crippen molar-refractivity contribution in [3.63, 3.8) is 0 Å².